The number of aryl methyl sites for hydroxylation is 1. The fraction of sp³-hybridized carbons (Fsp3) is 0.333. The number of aromatic nitrogens is 4. The lowest BCUT2D eigenvalue weighted by Gasteiger charge is -2.08. The molecule has 2 aromatic rings. The van der Waals surface area contributed by atoms with E-state index in [1.807, 2.05) is 6.92 Å². The molecule has 0 aliphatic heterocycles. The topological polar surface area (TPSA) is 77.6 Å². The maximum Gasteiger partial charge on any atom is 0.193 e. The molecule has 0 atom stereocenters. The van der Waals surface area contributed by atoms with E-state index in [0.29, 0.717) is 11.0 Å². The number of hydrogen-bond donors (Lipinski definition) is 1. The van der Waals surface area contributed by atoms with Crippen LogP contribution in [0, 0.1) is 6.92 Å². The van der Waals surface area contributed by atoms with Crippen LogP contribution < -0.4 is 5.73 Å². The van der Waals surface area contributed by atoms with Crippen molar-refractivity contribution in [1.82, 2.24) is 19.9 Å². The molecule has 0 bridgehead atoms. The summed E-state index contributed by atoms with van der Waals surface area (Å²) in [5, 5.41) is 1.50. The highest BCUT2D eigenvalue weighted by molar-refractivity contribution is 7.99. The van der Waals surface area contributed by atoms with E-state index in [9.17, 15) is 0 Å². The SMILES string of the molecule is CCCc1nc(N)c(C)c(Sc2ncccn2)n1. The van der Waals surface area contributed by atoms with Crippen molar-refractivity contribution in [3.8, 4) is 0 Å². The van der Waals surface area contributed by atoms with E-state index >= 15 is 0 Å². The Morgan fingerprint density at radius 1 is 1.22 bits per heavy atom. The molecule has 0 aliphatic rings. The summed E-state index contributed by atoms with van der Waals surface area (Å²) in [6.45, 7) is 4.00. The molecule has 18 heavy (non-hydrogen) atoms. The van der Waals surface area contributed by atoms with Gasteiger partial charge in [-0.15, -0.1) is 0 Å². The fourth-order valence-electron chi connectivity index (χ4n) is 1.42. The van der Waals surface area contributed by atoms with Gasteiger partial charge < -0.3 is 5.73 Å². The van der Waals surface area contributed by atoms with Crippen LogP contribution in [0.15, 0.2) is 28.6 Å². The van der Waals surface area contributed by atoms with Gasteiger partial charge in [-0.3, -0.25) is 0 Å². The average molecular weight is 261 g/mol. The van der Waals surface area contributed by atoms with Crippen molar-refractivity contribution in [2.45, 2.75) is 36.9 Å². The van der Waals surface area contributed by atoms with Gasteiger partial charge in [0.05, 0.1) is 0 Å². The molecule has 2 N–H and O–H groups in total. The normalized spacial score (nSPS) is 10.6. The number of nitrogens with zero attached hydrogens (tertiary/aromatic N) is 4. The number of hydrogen-bond acceptors (Lipinski definition) is 6. The minimum Gasteiger partial charge on any atom is -0.383 e. The lowest BCUT2D eigenvalue weighted by Crippen LogP contribution is -2.04. The Kier molecular flexibility index (Phi) is 4.09. The molecule has 0 unspecified atom stereocenters. The van der Waals surface area contributed by atoms with Crippen LogP contribution in [0.25, 0.3) is 0 Å². The Morgan fingerprint density at radius 3 is 2.61 bits per heavy atom. The maximum atomic E-state index is 5.90. The van der Waals surface area contributed by atoms with Crippen molar-refractivity contribution < 1.29 is 0 Å². The minimum absolute atomic E-state index is 0.534. The summed E-state index contributed by atoms with van der Waals surface area (Å²) in [5.41, 5.74) is 6.78. The molecule has 0 radical (unpaired) electrons. The van der Waals surface area contributed by atoms with Crippen LogP contribution in [-0.4, -0.2) is 19.9 Å². The van der Waals surface area contributed by atoms with Crippen molar-refractivity contribution in [1.29, 1.82) is 0 Å². The highest BCUT2D eigenvalue weighted by Gasteiger charge is 2.11. The minimum atomic E-state index is 0.534. The number of nitrogen functional groups attached to an aromatic ring is 1. The molecule has 0 spiro atoms. The Bertz CT molecular complexity index is 529. The number of nitrogens with two attached hydrogens (primary N) is 1. The van der Waals surface area contributed by atoms with Gasteiger partial charge in [0.2, 0.25) is 0 Å². The van der Waals surface area contributed by atoms with E-state index < -0.39 is 0 Å². The molecule has 5 nitrogen and oxygen atoms in total. The molecular formula is C12H15N5S. The highest BCUT2D eigenvalue weighted by atomic mass is 32.2. The Labute approximate surface area is 110 Å². The summed E-state index contributed by atoms with van der Waals surface area (Å²) in [5.74, 6) is 1.31. The molecule has 0 fully saturated rings. The van der Waals surface area contributed by atoms with Gasteiger partial charge in [-0.1, -0.05) is 6.92 Å². The van der Waals surface area contributed by atoms with Gasteiger partial charge in [0.25, 0.3) is 0 Å². The first-order valence-corrected chi connectivity index (χ1v) is 6.60. The second-order valence-corrected chi connectivity index (χ2v) is 4.79. The predicted octanol–water partition coefficient (Wildman–Crippen LogP) is 2.26. The van der Waals surface area contributed by atoms with Crippen molar-refractivity contribution >= 4 is 17.6 Å². The highest BCUT2D eigenvalue weighted by Crippen LogP contribution is 2.27. The summed E-state index contributed by atoms with van der Waals surface area (Å²) in [6.07, 6.45) is 5.24. The molecule has 0 aliphatic carbocycles. The van der Waals surface area contributed by atoms with E-state index in [-0.39, 0.29) is 0 Å². The van der Waals surface area contributed by atoms with Gasteiger partial charge in [0.15, 0.2) is 5.16 Å². The second-order valence-electron chi connectivity index (χ2n) is 3.84. The van der Waals surface area contributed by atoms with Gasteiger partial charge in [-0.2, -0.15) is 0 Å². The third kappa shape index (κ3) is 2.95. The summed E-state index contributed by atoms with van der Waals surface area (Å²) >= 11 is 1.42. The second kappa shape index (κ2) is 5.77. The van der Waals surface area contributed by atoms with Crippen molar-refractivity contribution in [2.24, 2.45) is 0 Å². The third-order valence-electron chi connectivity index (χ3n) is 2.39. The molecule has 0 saturated heterocycles. The van der Waals surface area contributed by atoms with Crippen LogP contribution in [0.5, 0.6) is 0 Å². The monoisotopic (exact) mass is 261 g/mol. The molecule has 2 aromatic heterocycles. The molecule has 6 heteroatoms. The first-order chi connectivity index (χ1) is 8.70. The van der Waals surface area contributed by atoms with Crippen molar-refractivity contribution in [3.63, 3.8) is 0 Å². The van der Waals surface area contributed by atoms with Gasteiger partial charge in [-0.05, 0) is 31.2 Å². The largest absolute Gasteiger partial charge is 0.383 e. The average Bonchev–Trinajstić information content (AvgIpc) is 2.37. The maximum absolute atomic E-state index is 5.90. The predicted molar refractivity (Wildman–Crippen MR) is 71.3 cm³/mol. The summed E-state index contributed by atoms with van der Waals surface area (Å²) < 4.78 is 0. The third-order valence-corrected chi connectivity index (χ3v) is 3.37. The Hall–Kier alpha value is -1.69. The molecule has 94 valence electrons. The van der Waals surface area contributed by atoms with E-state index in [1.165, 1.54) is 11.8 Å². The molecule has 0 aromatic carbocycles. The van der Waals surface area contributed by atoms with Gasteiger partial charge >= 0.3 is 0 Å². The fourth-order valence-corrected chi connectivity index (χ4v) is 2.23. The first-order valence-electron chi connectivity index (χ1n) is 5.78. The van der Waals surface area contributed by atoms with Gasteiger partial charge in [0.1, 0.15) is 16.7 Å². The summed E-state index contributed by atoms with van der Waals surface area (Å²) in [7, 11) is 0. The van der Waals surface area contributed by atoms with Crippen LogP contribution in [0.3, 0.4) is 0 Å². The Morgan fingerprint density at radius 2 is 1.94 bits per heavy atom. The van der Waals surface area contributed by atoms with Gasteiger partial charge in [-0.25, -0.2) is 19.9 Å². The van der Waals surface area contributed by atoms with Gasteiger partial charge in [0, 0.05) is 24.4 Å². The zero-order valence-corrected chi connectivity index (χ0v) is 11.2. The summed E-state index contributed by atoms with van der Waals surface area (Å²) in [4.78, 5) is 17.1. The van der Waals surface area contributed by atoms with E-state index in [0.717, 1.165) is 29.3 Å². The van der Waals surface area contributed by atoms with Crippen molar-refractivity contribution in [3.05, 3.63) is 29.8 Å². The van der Waals surface area contributed by atoms with Crippen LogP contribution in [0.1, 0.15) is 24.7 Å². The van der Waals surface area contributed by atoms with E-state index in [4.69, 9.17) is 5.73 Å². The number of anilines is 1. The lowest BCUT2D eigenvalue weighted by molar-refractivity contribution is 0.804. The van der Waals surface area contributed by atoms with E-state index in [1.54, 1.807) is 18.5 Å². The standard InChI is InChI=1S/C12H15N5S/c1-3-5-9-16-10(13)8(2)11(17-9)18-12-14-6-4-7-15-12/h4,6-7H,3,5H2,1-2H3,(H2,13,16,17). The Balaban J connectivity index is 2.31. The van der Waals surface area contributed by atoms with E-state index in [2.05, 4.69) is 26.9 Å². The zero-order valence-electron chi connectivity index (χ0n) is 10.4. The summed E-state index contributed by atoms with van der Waals surface area (Å²) in [6, 6.07) is 1.79. The van der Waals surface area contributed by atoms with Crippen LogP contribution in [0.2, 0.25) is 0 Å². The molecule has 0 amide bonds. The van der Waals surface area contributed by atoms with Crippen molar-refractivity contribution in [2.75, 3.05) is 5.73 Å². The molecule has 0 saturated carbocycles. The van der Waals surface area contributed by atoms with Crippen LogP contribution in [0.4, 0.5) is 5.82 Å². The smallest absolute Gasteiger partial charge is 0.193 e. The molecule has 2 rings (SSSR count). The first kappa shape index (κ1) is 12.8. The molecule has 2 heterocycles. The lowest BCUT2D eigenvalue weighted by atomic mass is 10.3. The van der Waals surface area contributed by atoms with Crippen LogP contribution in [-0.2, 0) is 6.42 Å². The zero-order chi connectivity index (χ0) is 13.0. The molecular weight excluding hydrogens is 246 g/mol. The quantitative estimate of drug-likeness (QED) is 0.672. The number of rotatable bonds is 4. The van der Waals surface area contributed by atoms with Crippen LogP contribution >= 0.6 is 11.8 Å².